The average Bonchev–Trinajstić information content (AvgIpc) is 2.21. The van der Waals surface area contributed by atoms with Gasteiger partial charge in [0.15, 0.2) is 0 Å². The van der Waals surface area contributed by atoms with E-state index in [0.717, 1.165) is 21.8 Å². The number of rotatable bonds is 2. The fourth-order valence-electron chi connectivity index (χ4n) is 0.808. The smallest absolute Gasteiger partial charge is 0.150 e. The molecule has 0 saturated heterocycles. The Hall–Kier alpha value is -0.640. The Morgan fingerprint density at radius 2 is 2.00 bits per heavy atom. The van der Waals surface area contributed by atoms with E-state index in [2.05, 4.69) is 28.7 Å². The maximum Gasteiger partial charge on any atom is 0.150 e. The standard InChI is InChI=1S/C8H8O.C4H7I/c1-7-4-2-3-5-8(7)6-9;1-2-3-4-5/h2-6H,1H3;2-3H,4H2,1H3/b;3-2+. The van der Waals surface area contributed by atoms with E-state index in [4.69, 9.17) is 0 Å². The molecular formula is C12H15IO. The summed E-state index contributed by atoms with van der Waals surface area (Å²) in [7, 11) is 0. The molecule has 1 aromatic rings. The Morgan fingerprint density at radius 1 is 1.36 bits per heavy atom. The summed E-state index contributed by atoms with van der Waals surface area (Å²) < 4.78 is 1.13. The Bertz CT molecular complexity index is 292. The Morgan fingerprint density at radius 3 is 2.29 bits per heavy atom. The van der Waals surface area contributed by atoms with Crippen molar-refractivity contribution in [1.82, 2.24) is 0 Å². The third-order valence-electron chi connectivity index (χ3n) is 1.64. The Kier molecular flexibility index (Phi) is 8.53. The minimum atomic E-state index is 0.775. The molecule has 0 aromatic heterocycles. The van der Waals surface area contributed by atoms with Crippen molar-refractivity contribution >= 4 is 28.9 Å². The van der Waals surface area contributed by atoms with E-state index >= 15 is 0 Å². The molecule has 0 amide bonds. The van der Waals surface area contributed by atoms with E-state index < -0.39 is 0 Å². The van der Waals surface area contributed by atoms with E-state index in [-0.39, 0.29) is 0 Å². The first-order valence-corrected chi connectivity index (χ1v) is 5.96. The first kappa shape index (κ1) is 13.4. The number of benzene rings is 1. The first-order valence-electron chi connectivity index (χ1n) is 4.44. The SMILES string of the molecule is C/C=C/CI.Cc1ccccc1C=O. The number of carbonyl (C=O) groups is 1. The lowest BCUT2D eigenvalue weighted by molar-refractivity contribution is 0.112. The number of hydrogen-bond donors (Lipinski definition) is 0. The zero-order valence-corrected chi connectivity index (χ0v) is 10.7. The molecule has 0 radical (unpaired) electrons. The summed E-state index contributed by atoms with van der Waals surface area (Å²) >= 11 is 2.30. The summed E-state index contributed by atoms with van der Waals surface area (Å²) in [6, 6.07) is 7.51. The third kappa shape index (κ3) is 5.91. The third-order valence-corrected chi connectivity index (χ3v) is 2.15. The van der Waals surface area contributed by atoms with Crippen LogP contribution in [-0.4, -0.2) is 10.7 Å². The second kappa shape index (κ2) is 8.94. The van der Waals surface area contributed by atoms with Gasteiger partial charge in [-0.15, -0.1) is 0 Å². The molecule has 0 fully saturated rings. The summed E-state index contributed by atoms with van der Waals surface area (Å²) in [5.74, 6) is 0. The molecule has 0 heterocycles. The van der Waals surface area contributed by atoms with Gasteiger partial charge in [0.2, 0.25) is 0 Å². The van der Waals surface area contributed by atoms with Gasteiger partial charge in [0, 0.05) is 9.99 Å². The monoisotopic (exact) mass is 302 g/mol. The first-order chi connectivity index (χ1) is 6.76. The fourth-order valence-corrected chi connectivity index (χ4v) is 1.32. The van der Waals surface area contributed by atoms with Gasteiger partial charge in [-0.3, -0.25) is 4.79 Å². The predicted octanol–water partition coefficient (Wildman–Crippen LogP) is 3.81. The number of aryl methyl sites for hydroxylation is 1. The van der Waals surface area contributed by atoms with Crippen LogP contribution in [0.5, 0.6) is 0 Å². The van der Waals surface area contributed by atoms with Gasteiger partial charge >= 0.3 is 0 Å². The van der Waals surface area contributed by atoms with Gasteiger partial charge in [-0.2, -0.15) is 0 Å². The quantitative estimate of drug-likeness (QED) is 0.351. The highest BCUT2D eigenvalue weighted by atomic mass is 127. The van der Waals surface area contributed by atoms with Crippen LogP contribution in [0.4, 0.5) is 0 Å². The van der Waals surface area contributed by atoms with Gasteiger partial charge in [-0.25, -0.2) is 0 Å². The van der Waals surface area contributed by atoms with E-state index in [0.29, 0.717) is 0 Å². The van der Waals surface area contributed by atoms with E-state index in [9.17, 15) is 4.79 Å². The molecule has 0 saturated carbocycles. The summed E-state index contributed by atoms with van der Waals surface area (Å²) in [6.07, 6.45) is 5.03. The zero-order chi connectivity index (χ0) is 10.8. The van der Waals surface area contributed by atoms with E-state index in [1.165, 1.54) is 0 Å². The van der Waals surface area contributed by atoms with Crippen molar-refractivity contribution < 1.29 is 4.79 Å². The molecule has 0 aliphatic rings. The van der Waals surface area contributed by atoms with Crippen LogP contribution in [0.1, 0.15) is 22.8 Å². The topological polar surface area (TPSA) is 17.1 Å². The number of aldehydes is 1. The largest absolute Gasteiger partial charge is 0.298 e. The van der Waals surface area contributed by atoms with Crippen LogP contribution in [0.3, 0.4) is 0 Å². The van der Waals surface area contributed by atoms with Crippen molar-refractivity contribution in [3.05, 3.63) is 47.5 Å². The lowest BCUT2D eigenvalue weighted by atomic mass is 10.1. The highest BCUT2D eigenvalue weighted by Crippen LogP contribution is 2.02. The lowest BCUT2D eigenvalue weighted by Gasteiger charge is -1.92. The molecule has 14 heavy (non-hydrogen) atoms. The second-order valence-electron chi connectivity index (χ2n) is 2.70. The average molecular weight is 302 g/mol. The molecule has 1 rings (SSSR count). The normalized spacial score (nSPS) is 9.36. The maximum absolute atomic E-state index is 10.2. The van der Waals surface area contributed by atoms with Crippen molar-refractivity contribution in [2.75, 3.05) is 4.43 Å². The van der Waals surface area contributed by atoms with Gasteiger partial charge in [0.25, 0.3) is 0 Å². The summed E-state index contributed by atoms with van der Waals surface area (Å²) in [4.78, 5) is 10.2. The molecule has 0 aliphatic carbocycles. The van der Waals surface area contributed by atoms with Gasteiger partial charge in [0.1, 0.15) is 6.29 Å². The maximum atomic E-state index is 10.2. The van der Waals surface area contributed by atoms with Crippen molar-refractivity contribution in [1.29, 1.82) is 0 Å². The Labute approximate surface area is 99.4 Å². The number of allylic oxidation sites excluding steroid dienone is 2. The highest BCUT2D eigenvalue weighted by molar-refractivity contribution is 14.1. The Balaban J connectivity index is 0.000000292. The molecular weight excluding hydrogens is 287 g/mol. The van der Waals surface area contributed by atoms with E-state index in [1.807, 2.05) is 44.2 Å². The minimum Gasteiger partial charge on any atom is -0.298 e. The highest BCUT2D eigenvalue weighted by Gasteiger charge is 1.90. The molecule has 1 nitrogen and oxygen atoms in total. The number of hydrogen-bond acceptors (Lipinski definition) is 1. The molecule has 2 heteroatoms. The molecule has 76 valence electrons. The molecule has 0 N–H and O–H groups in total. The molecule has 0 spiro atoms. The van der Waals surface area contributed by atoms with Crippen molar-refractivity contribution in [2.24, 2.45) is 0 Å². The molecule has 1 aromatic carbocycles. The summed E-state index contributed by atoms with van der Waals surface area (Å²) in [5.41, 5.74) is 1.81. The number of alkyl halides is 1. The molecule has 0 bridgehead atoms. The van der Waals surface area contributed by atoms with Gasteiger partial charge < -0.3 is 0 Å². The summed E-state index contributed by atoms with van der Waals surface area (Å²) in [6.45, 7) is 3.95. The zero-order valence-electron chi connectivity index (χ0n) is 8.53. The van der Waals surface area contributed by atoms with Crippen LogP contribution in [0.2, 0.25) is 0 Å². The molecule has 0 atom stereocenters. The number of halogens is 1. The second-order valence-corrected chi connectivity index (χ2v) is 3.58. The van der Waals surface area contributed by atoms with Gasteiger partial charge in [-0.05, 0) is 19.4 Å². The summed E-state index contributed by atoms with van der Waals surface area (Å²) in [5, 5.41) is 0. The van der Waals surface area contributed by atoms with Crippen molar-refractivity contribution in [2.45, 2.75) is 13.8 Å². The predicted molar refractivity (Wildman–Crippen MR) is 70.3 cm³/mol. The van der Waals surface area contributed by atoms with Crippen LogP contribution >= 0.6 is 22.6 Å². The lowest BCUT2D eigenvalue weighted by Crippen LogP contribution is -1.82. The minimum absolute atomic E-state index is 0.775. The van der Waals surface area contributed by atoms with Gasteiger partial charge in [0.05, 0.1) is 0 Å². The number of carbonyl (C=O) groups excluding carboxylic acids is 1. The van der Waals surface area contributed by atoms with Crippen LogP contribution in [0.15, 0.2) is 36.4 Å². The fraction of sp³-hybridized carbons (Fsp3) is 0.250. The van der Waals surface area contributed by atoms with Crippen molar-refractivity contribution in [3.8, 4) is 0 Å². The van der Waals surface area contributed by atoms with E-state index in [1.54, 1.807) is 0 Å². The van der Waals surface area contributed by atoms with Crippen molar-refractivity contribution in [3.63, 3.8) is 0 Å². The van der Waals surface area contributed by atoms with Crippen LogP contribution in [0.25, 0.3) is 0 Å². The molecule has 0 unspecified atom stereocenters. The van der Waals surface area contributed by atoms with Crippen LogP contribution in [0, 0.1) is 6.92 Å². The van der Waals surface area contributed by atoms with Crippen LogP contribution < -0.4 is 0 Å². The van der Waals surface area contributed by atoms with Crippen LogP contribution in [-0.2, 0) is 0 Å². The molecule has 0 aliphatic heterocycles. The van der Waals surface area contributed by atoms with Gasteiger partial charge in [-0.1, -0.05) is 59.0 Å².